The van der Waals surface area contributed by atoms with Gasteiger partial charge in [0.05, 0.1) is 36.8 Å². The van der Waals surface area contributed by atoms with E-state index in [0.717, 1.165) is 18.5 Å². The predicted octanol–water partition coefficient (Wildman–Crippen LogP) is 2.34. The Morgan fingerprint density at radius 3 is 2.70 bits per heavy atom. The van der Waals surface area contributed by atoms with Crippen LogP contribution in [0.4, 0.5) is 19.0 Å². The van der Waals surface area contributed by atoms with Crippen LogP contribution in [0, 0.1) is 0 Å². The minimum Gasteiger partial charge on any atom is -0.373 e. The summed E-state index contributed by atoms with van der Waals surface area (Å²) in [6.07, 6.45) is 0.0913. The van der Waals surface area contributed by atoms with Crippen LogP contribution in [0.3, 0.4) is 0 Å². The number of aromatic nitrogens is 4. The van der Waals surface area contributed by atoms with Crippen molar-refractivity contribution < 1.29 is 26.3 Å². The van der Waals surface area contributed by atoms with Gasteiger partial charge in [-0.2, -0.15) is 13.2 Å². The van der Waals surface area contributed by atoms with Gasteiger partial charge in [-0.15, -0.1) is 0 Å². The van der Waals surface area contributed by atoms with E-state index in [1.165, 1.54) is 22.9 Å². The molecule has 3 aromatic rings. The summed E-state index contributed by atoms with van der Waals surface area (Å²) in [6.45, 7) is 4.49. The van der Waals surface area contributed by atoms with E-state index in [1.807, 2.05) is 11.8 Å². The van der Waals surface area contributed by atoms with Gasteiger partial charge in [0.25, 0.3) is 0 Å². The molecule has 1 fully saturated rings. The number of hydrogen-bond donors (Lipinski definition) is 1. The number of fused-ring (bicyclic) bond motifs is 1. The molecule has 0 spiro atoms. The van der Waals surface area contributed by atoms with Crippen LogP contribution in [0.2, 0.25) is 0 Å². The van der Waals surface area contributed by atoms with Gasteiger partial charge in [-0.3, -0.25) is 4.40 Å². The monoisotopic (exact) mass is 484 g/mol. The van der Waals surface area contributed by atoms with Crippen LogP contribution in [-0.4, -0.2) is 65.4 Å². The molecule has 4 heterocycles. The van der Waals surface area contributed by atoms with Crippen LogP contribution in [0.15, 0.2) is 36.8 Å². The Bertz CT molecular complexity index is 1260. The molecule has 1 N–H and O–H groups in total. The molecule has 1 saturated heterocycles. The molecule has 178 valence electrons. The van der Waals surface area contributed by atoms with Gasteiger partial charge in [-0.1, -0.05) is 0 Å². The van der Waals surface area contributed by atoms with Gasteiger partial charge in [0.2, 0.25) is 10.0 Å². The topological polar surface area (TPSA) is 102 Å². The maximum atomic E-state index is 13.2. The fraction of sp³-hybridized carbons (Fsp3) is 0.450. The number of imidazole rings is 1. The molecule has 0 radical (unpaired) electrons. The van der Waals surface area contributed by atoms with Crippen LogP contribution in [-0.2, 0) is 20.9 Å². The highest BCUT2D eigenvalue weighted by atomic mass is 32.2. The van der Waals surface area contributed by atoms with Crippen molar-refractivity contribution in [2.75, 3.05) is 24.3 Å². The molecule has 1 aliphatic rings. The predicted molar refractivity (Wildman–Crippen MR) is 115 cm³/mol. The lowest BCUT2D eigenvalue weighted by atomic mass is 10.0. The van der Waals surface area contributed by atoms with Crippen LogP contribution in [0.25, 0.3) is 17.2 Å². The highest BCUT2D eigenvalue weighted by Gasteiger charge is 2.35. The summed E-state index contributed by atoms with van der Waals surface area (Å²) in [4.78, 5) is 14.9. The van der Waals surface area contributed by atoms with E-state index < -0.39 is 33.9 Å². The molecule has 3 unspecified atom stereocenters. The third kappa shape index (κ3) is 4.94. The third-order valence-corrected chi connectivity index (χ3v) is 6.30. The number of hydrogen-bond acceptors (Lipinski definition) is 7. The second-order valence-corrected chi connectivity index (χ2v) is 9.75. The quantitative estimate of drug-likeness (QED) is 0.593. The second-order valence-electron chi connectivity index (χ2n) is 7.97. The first-order valence-electron chi connectivity index (χ1n) is 10.2. The van der Waals surface area contributed by atoms with Crippen LogP contribution in [0.1, 0.15) is 19.4 Å². The van der Waals surface area contributed by atoms with Crippen molar-refractivity contribution in [3.8, 4) is 11.5 Å². The average molecular weight is 485 g/mol. The van der Waals surface area contributed by atoms with Gasteiger partial charge in [-0.25, -0.2) is 28.1 Å². The van der Waals surface area contributed by atoms with Crippen LogP contribution >= 0.6 is 0 Å². The summed E-state index contributed by atoms with van der Waals surface area (Å²) < 4.78 is 72.5. The second kappa shape index (κ2) is 8.54. The summed E-state index contributed by atoms with van der Waals surface area (Å²) in [5, 5.41) is 0. The first kappa shape index (κ1) is 23.4. The molecule has 0 bridgehead atoms. The van der Waals surface area contributed by atoms with E-state index in [1.54, 1.807) is 13.0 Å². The number of alkyl halides is 3. The molecule has 0 aliphatic carbocycles. The van der Waals surface area contributed by atoms with Crippen molar-refractivity contribution in [1.82, 2.24) is 24.1 Å². The largest absolute Gasteiger partial charge is 0.417 e. The molecule has 13 heteroatoms. The molecule has 0 aromatic carbocycles. The maximum Gasteiger partial charge on any atom is 0.417 e. The van der Waals surface area contributed by atoms with Crippen molar-refractivity contribution in [2.45, 2.75) is 38.2 Å². The molecule has 3 aromatic heterocycles. The zero-order chi connectivity index (χ0) is 24.0. The molecule has 1 aliphatic heterocycles. The summed E-state index contributed by atoms with van der Waals surface area (Å²) >= 11 is 0. The smallest absolute Gasteiger partial charge is 0.373 e. The maximum absolute atomic E-state index is 13.2. The van der Waals surface area contributed by atoms with Crippen molar-refractivity contribution in [1.29, 1.82) is 0 Å². The number of nitrogens with one attached hydrogen (secondary N) is 1. The number of halogens is 3. The van der Waals surface area contributed by atoms with Gasteiger partial charge in [0, 0.05) is 25.0 Å². The SMILES string of the molecule is CC(NS(C)(=O)=O)C1OCCN(c2ccnc(-c3cnc4ccc(C(F)(F)F)cn34)n2)C1C. The zero-order valence-electron chi connectivity index (χ0n) is 18.1. The molecular formula is C20H23F3N6O3S. The Hall–Kier alpha value is -2.77. The fourth-order valence-electron chi connectivity index (χ4n) is 4.04. The Morgan fingerprint density at radius 2 is 2.00 bits per heavy atom. The fourth-order valence-corrected chi connectivity index (χ4v) is 4.85. The van der Waals surface area contributed by atoms with E-state index in [2.05, 4.69) is 19.7 Å². The van der Waals surface area contributed by atoms with Crippen molar-refractivity contribution >= 4 is 21.5 Å². The van der Waals surface area contributed by atoms with Gasteiger partial charge in [-0.05, 0) is 32.0 Å². The standard InChI is InChI=1S/C20H23F3N6O3S/c1-12(27-33(3,30)31)18-13(2)28(8-9-32-18)17-6-7-24-19(26-17)15-10-25-16-5-4-14(11-29(15)16)20(21,22)23/h4-7,10-13,18,27H,8-9H2,1-3H3. The van der Waals surface area contributed by atoms with E-state index in [4.69, 9.17) is 4.74 Å². The number of pyridine rings is 1. The molecular weight excluding hydrogens is 461 g/mol. The lowest BCUT2D eigenvalue weighted by molar-refractivity contribution is -0.137. The minimum absolute atomic E-state index is 0.219. The van der Waals surface area contributed by atoms with Crippen molar-refractivity contribution in [3.05, 3.63) is 42.4 Å². The van der Waals surface area contributed by atoms with Gasteiger partial charge < -0.3 is 9.64 Å². The van der Waals surface area contributed by atoms with Crippen molar-refractivity contribution in [2.24, 2.45) is 0 Å². The molecule has 33 heavy (non-hydrogen) atoms. The number of sulfonamides is 1. The van der Waals surface area contributed by atoms with Crippen molar-refractivity contribution in [3.63, 3.8) is 0 Å². The van der Waals surface area contributed by atoms with Gasteiger partial charge in [0.1, 0.15) is 17.2 Å². The van der Waals surface area contributed by atoms with E-state index in [9.17, 15) is 21.6 Å². The summed E-state index contributed by atoms with van der Waals surface area (Å²) in [6, 6.07) is 3.26. The lowest BCUT2D eigenvalue weighted by Crippen LogP contribution is -2.57. The zero-order valence-corrected chi connectivity index (χ0v) is 18.9. The summed E-state index contributed by atoms with van der Waals surface area (Å²) in [5.74, 6) is 0.770. The molecule has 0 amide bonds. The van der Waals surface area contributed by atoms with E-state index >= 15 is 0 Å². The van der Waals surface area contributed by atoms with Crippen LogP contribution < -0.4 is 9.62 Å². The summed E-state index contributed by atoms with van der Waals surface area (Å²) in [7, 11) is -3.41. The van der Waals surface area contributed by atoms with E-state index in [0.29, 0.717) is 30.3 Å². The third-order valence-electron chi connectivity index (χ3n) is 5.50. The Morgan fingerprint density at radius 1 is 1.24 bits per heavy atom. The number of ether oxygens (including phenoxy) is 1. The Labute approximate surface area is 188 Å². The highest BCUT2D eigenvalue weighted by Crippen LogP contribution is 2.31. The Kier molecular flexibility index (Phi) is 6.05. The first-order valence-corrected chi connectivity index (χ1v) is 12.1. The van der Waals surface area contributed by atoms with Crippen LogP contribution in [0.5, 0.6) is 0 Å². The highest BCUT2D eigenvalue weighted by molar-refractivity contribution is 7.88. The number of morpholine rings is 1. The lowest BCUT2D eigenvalue weighted by Gasteiger charge is -2.42. The number of rotatable bonds is 5. The number of nitrogens with zero attached hydrogens (tertiary/aromatic N) is 5. The normalized spacial score (nSPS) is 20.8. The minimum atomic E-state index is -4.49. The van der Waals surface area contributed by atoms with Gasteiger partial charge >= 0.3 is 6.18 Å². The summed E-state index contributed by atoms with van der Waals surface area (Å²) in [5.41, 5.74) is -0.141. The molecule has 9 nitrogen and oxygen atoms in total. The molecule has 3 atom stereocenters. The molecule has 4 rings (SSSR count). The van der Waals surface area contributed by atoms with Gasteiger partial charge in [0.15, 0.2) is 5.82 Å². The average Bonchev–Trinajstić information content (AvgIpc) is 3.15. The first-order chi connectivity index (χ1) is 15.4. The number of anilines is 1. The van der Waals surface area contributed by atoms with E-state index in [-0.39, 0.29) is 11.9 Å². The molecule has 0 saturated carbocycles. The Balaban J connectivity index is 1.66.